The number of carbonyl (C=O) groups is 1. The summed E-state index contributed by atoms with van der Waals surface area (Å²) in [6, 6.07) is 5.74. The van der Waals surface area contributed by atoms with Gasteiger partial charge in [-0.1, -0.05) is 6.07 Å². The van der Waals surface area contributed by atoms with E-state index in [2.05, 4.69) is 10.2 Å². The van der Waals surface area contributed by atoms with Crippen LogP contribution in [0.4, 0.5) is 5.69 Å². The van der Waals surface area contributed by atoms with E-state index < -0.39 is 10.0 Å². The third-order valence-corrected chi connectivity index (χ3v) is 5.31. The van der Waals surface area contributed by atoms with E-state index in [1.165, 1.54) is 4.31 Å². The van der Waals surface area contributed by atoms with E-state index in [1.54, 1.807) is 0 Å². The molecule has 1 heterocycles. The van der Waals surface area contributed by atoms with Gasteiger partial charge in [0.2, 0.25) is 15.9 Å². The Kier molecular flexibility index (Phi) is 6.95. The molecule has 140 valence electrons. The standard InChI is InChI=1S/C17H27N3O4S/c1-14-10-15(2)12-16(11-14)18-17(21)13-20(25(3,22)23)5-4-19-6-8-24-9-7-19/h10-12H,4-9,13H2,1-3H3,(H,18,21). The molecule has 1 aromatic rings. The second-order valence-electron chi connectivity index (χ2n) is 6.48. The van der Waals surface area contributed by atoms with E-state index in [-0.39, 0.29) is 12.5 Å². The lowest BCUT2D eigenvalue weighted by Gasteiger charge is -2.29. The van der Waals surface area contributed by atoms with Crippen LogP contribution in [0.1, 0.15) is 11.1 Å². The minimum atomic E-state index is -3.45. The largest absolute Gasteiger partial charge is 0.379 e. The Bertz CT molecular complexity index is 680. The Morgan fingerprint density at radius 1 is 1.20 bits per heavy atom. The predicted molar refractivity (Wildman–Crippen MR) is 98.2 cm³/mol. The van der Waals surface area contributed by atoms with E-state index in [4.69, 9.17) is 4.74 Å². The molecule has 1 aromatic carbocycles. The van der Waals surface area contributed by atoms with Crippen LogP contribution in [0.2, 0.25) is 0 Å². The second kappa shape index (κ2) is 8.75. The van der Waals surface area contributed by atoms with Gasteiger partial charge in [-0.2, -0.15) is 4.31 Å². The van der Waals surface area contributed by atoms with Gasteiger partial charge in [0.25, 0.3) is 0 Å². The number of carbonyl (C=O) groups excluding carboxylic acids is 1. The van der Waals surface area contributed by atoms with Crippen molar-refractivity contribution in [3.8, 4) is 0 Å². The summed E-state index contributed by atoms with van der Waals surface area (Å²) in [4.78, 5) is 14.4. The van der Waals surface area contributed by atoms with E-state index in [0.29, 0.717) is 32.0 Å². The minimum absolute atomic E-state index is 0.184. The lowest BCUT2D eigenvalue weighted by atomic mass is 10.1. The van der Waals surface area contributed by atoms with Crippen molar-refractivity contribution in [2.75, 3.05) is 57.5 Å². The van der Waals surface area contributed by atoms with Gasteiger partial charge in [-0.05, 0) is 37.1 Å². The third kappa shape index (κ3) is 6.74. The van der Waals surface area contributed by atoms with Gasteiger partial charge in [-0.3, -0.25) is 9.69 Å². The molecule has 0 aromatic heterocycles. The van der Waals surface area contributed by atoms with Gasteiger partial charge in [-0.25, -0.2) is 8.42 Å². The summed E-state index contributed by atoms with van der Waals surface area (Å²) in [5.41, 5.74) is 2.77. The summed E-state index contributed by atoms with van der Waals surface area (Å²) in [7, 11) is -3.45. The molecule has 25 heavy (non-hydrogen) atoms. The number of benzene rings is 1. The van der Waals surface area contributed by atoms with Crippen molar-refractivity contribution in [2.24, 2.45) is 0 Å². The van der Waals surface area contributed by atoms with Gasteiger partial charge >= 0.3 is 0 Å². The van der Waals surface area contributed by atoms with Crippen LogP contribution >= 0.6 is 0 Å². The number of amides is 1. The fourth-order valence-corrected chi connectivity index (χ4v) is 3.61. The Morgan fingerprint density at radius 2 is 1.80 bits per heavy atom. The van der Waals surface area contributed by atoms with Crippen molar-refractivity contribution in [2.45, 2.75) is 13.8 Å². The lowest BCUT2D eigenvalue weighted by Crippen LogP contribution is -2.45. The van der Waals surface area contributed by atoms with Gasteiger partial charge < -0.3 is 10.1 Å². The van der Waals surface area contributed by atoms with E-state index in [1.807, 2.05) is 32.0 Å². The Morgan fingerprint density at radius 3 is 2.36 bits per heavy atom. The smallest absolute Gasteiger partial charge is 0.239 e. The van der Waals surface area contributed by atoms with Crippen LogP contribution in [0.3, 0.4) is 0 Å². The zero-order valence-electron chi connectivity index (χ0n) is 15.1. The van der Waals surface area contributed by atoms with E-state index in [9.17, 15) is 13.2 Å². The molecule has 1 amide bonds. The highest BCUT2D eigenvalue weighted by Crippen LogP contribution is 2.14. The molecule has 0 bridgehead atoms. The molecular formula is C17H27N3O4S. The van der Waals surface area contributed by atoms with Crippen molar-refractivity contribution in [1.29, 1.82) is 0 Å². The zero-order chi connectivity index (χ0) is 18.4. The maximum atomic E-state index is 12.3. The molecule has 0 atom stereocenters. The highest BCUT2D eigenvalue weighted by molar-refractivity contribution is 7.88. The number of aryl methyl sites for hydroxylation is 2. The first-order valence-corrected chi connectivity index (χ1v) is 10.2. The Hall–Kier alpha value is -1.48. The van der Waals surface area contributed by atoms with Gasteiger partial charge in [0.05, 0.1) is 26.0 Å². The maximum Gasteiger partial charge on any atom is 0.239 e. The van der Waals surface area contributed by atoms with Crippen LogP contribution in [0.15, 0.2) is 18.2 Å². The normalized spacial score (nSPS) is 16.2. The molecule has 1 N–H and O–H groups in total. The number of nitrogens with one attached hydrogen (secondary N) is 1. The Balaban J connectivity index is 1.94. The molecule has 1 aliphatic heterocycles. The van der Waals surface area contributed by atoms with Crippen LogP contribution in [-0.2, 0) is 19.6 Å². The molecule has 7 nitrogen and oxygen atoms in total. The highest BCUT2D eigenvalue weighted by atomic mass is 32.2. The summed E-state index contributed by atoms with van der Waals surface area (Å²) < 4.78 is 30.5. The molecule has 0 radical (unpaired) electrons. The quantitative estimate of drug-likeness (QED) is 0.770. The topological polar surface area (TPSA) is 79.0 Å². The van der Waals surface area contributed by atoms with Crippen LogP contribution in [0.5, 0.6) is 0 Å². The SMILES string of the molecule is Cc1cc(C)cc(NC(=O)CN(CCN2CCOCC2)S(C)(=O)=O)c1. The van der Waals surface area contributed by atoms with E-state index in [0.717, 1.165) is 30.5 Å². The fourth-order valence-electron chi connectivity index (χ4n) is 2.85. The molecule has 1 aliphatic rings. The molecule has 2 rings (SSSR count). The number of ether oxygens (including phenoxy) is 1. The van der Waals surface area contributed by atoms with Crippen LogP contribution in [0, 0.1) is 13.8 Å². The number of nitrogens with zero attached hydrogens (tertiary/aromatic N) is 2. The van der Waals surface area contributed by atoms with Gasteiger partial charge in [0.15, 0.2) is 0 Å². The average Bonchev–Trinajstić information content (AvgIpc) is 2.50. The summed E-state index contributed by atoms with van der Waals surface area (Å²) in [6.07, 6.45) is 1.14. The molecular weight excluding hydrogens is 342 g/mol. The van der Waals surface area contributed by atoms with Crippen molar-refractivity contribution in [3.05, 3.63) is 29.3 Å². The molecule has 0 saturated carbocycles. The van der Waals surface area contributed by atoms with Crippen molar-refractivity contribution < 1.29 is 17.9 Å². The molecule has 0 unspecified atom stereocenters. The van der Waals surface area contributed by atoms with Crippen molar-refractivity contribution in [1.82, 2.24) is 9.21 Å². The molecule has 8 heteroatoms. The predicted octanol–water partition coefficient (Wildman–Crippen LogP) is 0.836. The summed E-state index contributed by atoms with van der Waals surface area (Å²) >= 11 is 0. The molecule has 1 saturated heterocycles. The molecule has 0 spiro atoms. The maximum absolute atomic E-state index is 12.3. The monoisotopic (exact) mass is 369 g/mol. The summed E-state index contributed by atoms with van der Waals surface area (Å²) in [5.74, 6) is -0.336. The summed E-state index contributed by atoms with van der Waals surface area (Å²) in [6.45, 7) is 7.49. The zero-order valence-corrected chi connectivity index (χ0v) is 15.9. The fraction of sp³-hybridized carbons (Fsp3) is 0.588. The first kappa shape index (κ1) is 19.8. The van der Waals surface area contributed by atoms with Crippen molar-refractivity contribution >= 4 is 21.6 Å². The number of morpholine rings is 1. The first-order valence-electron chi connectivity index (χ1n) is 8.37. The van der Waals surface area contributed by atoms with E-state index >= 15 is 0 Å². The molecule has 0 aliphatic carbocycles. The van der Waals surface area contributed by atoms with Crippen LogP contribution in [-0.4, -0.2) is 75.7 Å². The summed E-state index contributed by atoms with van der Waals surface area (Å²) in [5, 5.41) is 2.79. The lowest BCUT2D eigenvalue weighted by molar-refractivity contribution is -0.116. The first-order chi connectivity index (χ1) is 11.7. The number of rotatable bonds is 7. The number of anilines is 1. The van der Waals surface area contributed by atoms with Gasteiger partial charge in [0, 0.05) is 31.9 Å². The van der Waals surface area contributed by atoms with Gasteiger partial charge in [-0.15, -0.1) is 0 Å². The average molecular weight is 369 g/mol. The third-order valence-electron chi connectivity index (χ3n) is 4.06. The van der Waals surface area contributed by atoms with Gasteiger partial charge in [0.1, 0.15) is 0 Å². The van der Waals surface area contributed by atoms with Crippen molar-refractivity contribution in [3.63, 3.8) is 0 Å². The molecule has 1 fully saturated rings. The Labute approximate surface area is 150 Å². The highest BCUT2D eigenvalue weighted by Gasteiger charge is 2.21. The number of hydrogen-bond donors (Lipinski definition) is 1. The number of sulfonamides is 1. The number of hydrogen-bond acceptors (Lipinski definition) is 5. The van der Waals surface area contributed by atoms with Crippen LogP contribution in [0.25, 0.3) is 0 Å². The second-order valence-corrected chi connectivity index (χ2v) is 8.46. The van der Waals surface area contributed by atoms with Crippen LogP contribution < -0.4 is 5.32 Å². The minimum Gasteiger partial charge on any atom is -0.379 e.